The Morgan fingerprint density at radius 1 is 1.47 bits per heavy atom. The van der Waals surface area contributed by atoms with Crippen LogP contribution in [-0.2, 0) is 14.8 Å². The summed E-state index contributed by atoms with van der Waals surface area (Å²) in [7, 11) is -2.56. The molecule has 0 bridgehead atoms. The van der Waals surface area contributed by atoms with E-state index >= 15 is 0 Å². The number of amides is 1. The molecule has 0 radical (unpaired) electrons. The fourth-order valence-corrected chi connectivity index (χ4v) is 2.15. The van der Waals surface area contributed by atoms with Crippen molar-refractivity contribution in [1.82, 2.24) is 0 Å². The Hall–Kier alpha value is -1.60. The Balaban J connectivity index is 3.10. The number of anilines is 1. The van der Waals surface area contributed by atoms with Crippen LogP contribution < -0.4 is 15.2 Å². The molecule has 0 saturated carbocycles. The third-order valence-corrected chi connectivity index (χ3v) is 3.73. The minimum atomic E-state index is -3.91. The lowest BCUT2D eigenvalue weighted by molar-refractivity contribution is -0.119. The van der Waals surface area contributed by atoms with Crippen LogP contribution in [0.4, 0.5) is 5.69 Å². The van der Waals surface area contributed by atoms with Gasteiger partial charge < -0.3 is 10.1 Å². The summed E-state index contributed by atoms with van der Waals surface area (Å²) in [5.41, 5.74) is 0.370. The molecule has 0 aromatic heterocycles. The summed E-state index contributed by atoms with van der Waals surface area (Å²) in [6.07, 6.45) is 0.698. The van der Waals surface area contributed by atoms with Crippen molar-refractivity contribution in [3.63, 3.8) is 0 Å². The van der Waals surface area contributed by atoms with E-state index in [2.05, 4.69) is 5.32 Å². The maximum Gasteiger partial charge on any atom is 0.241 e. The lowest BCUT2D eigenvalue weighted by Gasteiger charge is -2.12. The second-order valence-corrected chi connectivity index (χ2v) is 5.74. The van der Waals surface area contributed by atoms with Crippen LogP contribution in [0, 0.1) is 5.92 Å². The van der Waals surface area contributed by atoms with E-state index in [0.717, 1.165) is 0 Å². The minimum absolute atomic E-state index is 0.143. The smallest absolute Gasteiger partial charge is 0.241 e. The van der Waals surface area contributed by atoms with Crippen molar-refractivity contribution in [2.75, 3.05) is 12.4 Å². The van der Waals surface area contributed by atoms with Crippen molar-refractivity contribution in [3.05, 3.63) is 18.2 Å². The quantitative estimate of drug-likeness (QED) is 0.853. The molecule has 0 aliphatic carbocycles. The zero-order valence-corrected chi connectivity index (χ0v) is 12.0. The highest BCUT2D eigenvalue weighted by Crippen LogP contribution is 2.26. The van der Waals surface area contributed by atoms with Crippen molar-refractivity contribution >= 4 is 21.6 Å². The Morgan fingerprint density at radius 3 is 2.58 bits per heavy atom. The summed E-state index contributed by atoms with van der Waals surface area (Å²) in [6.45, 7) is 3.69. The van der Waals surface area contributed by atoms with E-state index in [1.807, 2.05) is 6.92 Å². The number of methoxy groups -OCH3 is 1. The first-order valence-corrected chi connectivity index (χ1v) is 7.36. The number of primary sulfonamides is 1. The second kappa shape index (κ2) is 6.03. The molecule has 0 saturated heterocycles. The molecular weight excluding hydrogens is 268 g/mol. The van der Waals surface area contributed by atoms with Gasteiger partial charge in [0.1, 0.15) is 10.6 Å². The molecule has 0 heterocycles. The first kappa shape index (κ1) is 15.5. The number of nitrogens with two attached hydrogens (primary N) is 1. The molecule has 1 amide bonds. The second-order valence-electron chi connectivity index (χ2n) is 4.21. The molecule has 106 valence electrons. The summed E-state index contributed by atoms with van der Waals surface area (Å²) in [5, 5.41) is 7.74. The lowest BCUT2D eigenvalue weighted by Crippen LogP contribution is -2.20. The van der Waals surface area contributed by atoms with Gasteiger partial charge >= 0.3 is 0 Å². The number of hydrogen-bond acceptors (Lipinski definition) is 4. The Bertz CT molecular complexity index is 569. The van der Waals surface area contributed by atoms with Crippen LogP contribution in [0.2, 0.25) is 0 Å². The summed E-state index contributed by atoms with van der Waals surface area (Å²) in [6, 6.07) is 4.30. The minimum Gasteiger partial charge on any atom is -0.495 e. The lowest BCUT2D eigenvalue weighted by atomic mass is 10.1. The number of nitrogens with one attached hydrogen (secondary N) is 1. The van der Waals surface area contributed by atoms with E-state index in [4.69, 9.17) is 9.88 Å². The molecule has 1 atom stereocenters. The summed E-state index contributed by atoms with van der Waals surface area (Å²) in [5.74, 6) is -0.183. The number of rotatable bonds is 5. The third-order valence-electron chi connectivity index (χ3n) is 2.80. The van der Waals surface area contributed by atoms with Crippen LogP contribution >= 0.6 is 0 Å². The Labute approximate surface area is 113 Å². The molecule has 0 fully saturated rings. The molecule has 0 spiro atoms. The highest BCUT2D eigenvalue weighted by Gasteiger charge is 2.17. The molecule has 6 nitrogen and oxygen atoms in total. The zero-order chi connectivity index (χ0) is 14.6. The average molecular weight is 286 g/mol. The number of carbonyl (C=O) groups excluding carboxylic acids is 1. The number of sulfonamides is 1. The number of benzene rings is 1. The Kier molecular flexibility index (Phi) is 4.90. The molecule has 1 unspecified atom stereocenters. The van der Waals surface area contributed by atoms with Gasteiger partial charge in [-0.25, -0.2) is 13.6 Å². The van der Waals surface area contributed by atoms with Gasteiger partial charge in [0.15, 0.2) is 0 Å². The fourth-order valence-electron chi connectivity index (χ4n) is 1.43. The fraction of sp³-hybridized carbons (Fsp3) is 0.417. The van der Waals surface area contributed by atoms with Crippen LogP contribution in [0.1, 0.15) is 20.3 Å². The maximum atomic E-state index is 11.7. The van der Waals surface area contributed by atoms with Crippen LogP contribution in [0.15, 0.2) is 23.1 Å². The van der Waals surface area contributed by atoms with Gasteiger partial charge in [-0.15, -0.1) is 0 Å². The van der Waals surface area contributed by atoms with Crippen LogP contribution in [-0.4, -0.2) is 21.4 Å². The topological polar surface area (TPSA) is 98.5 Å². The SMILES string of the molecule is CCC(C)C(=O)Nc1ccc(OC)c(S(N)(=O)=O)c1. The van der Waals surface area contributed by atoms with Gasteiger partial charge in [0.05, 0.1) is 7.11 Å². The van der Waals surface area contributed by atoms with Gasteiger partial charge in [0.25, 0.3) is 0 Å². The molecule has 1 aromatic carbocycles. The molecule has 7 heteroatoms. The maximum absolute atomic E-state index is 11.7. The molecule has 0 aliphatic rings. The molecule has 3 N–H and O–H groups in total. The van der Waals surface area contributed by atoms with Gasteiger partial charge in [-0.1, -0.05) is 13.8 Å². The first-order valence-electron chi connectivity index (χ1n) is 5.81. The van der Waals surface area contributed by atoms with Gasteiger partial charge in [0, 0.05) is 11.6 Å². The zero-order valence-electron chi connectivity index (χ0n) is 11.1. The van der Waals surface area contributed by atoms with Gasteiger partial charge in [-0.2, -0.15) is 0 Å². The largest absolute Gasteiger partial charge is 0.495 e. The van der Waals surface area contributed by atoms with Crippen molar-refractivity contribution in [2.24, 2.45) is 11.1 Å². The summed E-state index contributed by atoms with van der Waals surface area (Å²) >= 11 is 0. The number of carbonyl (C=O) groups is 1. The van der Waals surface area contributed by atoms with E-state index in [-0.39, 0.29) is 22.5 Å². The molecule has 19 heavy (non-hydrogen) atoms. The predicted molar refractivity (Wildman–Crippen MR) is 72.5 cm³/mol. The van der Waals surface area contributed by atoms with E-state index in [1.165, 1.54) is 19.2 Å². The molecular formula is C12H18N2O4S. The van der Waals surface area contributed by atoms with Gasteiger partial charge in [-0.3, -0.25) is 4.79 Å². The Morgan fingerprint density at radius 2 is 2.11 bits per heavy atom. The third kappa shape index (κ3) is 3.93. The van der Waals surface area contributed by atoms with Crippen molar-refractivity contribution in [3.8, 4) is 5.75 Å². The highest BCUT2D eigenvalue weighted by molar-refractivity contribution is 7.89. The molecule has 0 aliphatic heterocycles. The first-order chi connectivity index (χ1) is 8.79. The highest BCUT2D eigenvalue weighted by atomic mass is 32.2. The van der Waals surface area contributed by atoms with Gasteiger partial charge in [-0.05, 0) is 24.6 Å². The number of ether oxygens (including phenoxy) is 1. The van der Waals surface area contributed by atoms with Crippen LogP contribution in [0.3, 0.4) is 0 Å². The normalized spacial score (nSPS) is 12.8. The van der Waals surface area contributed by atoms with E-state index in [1.54, 1.807) is 13.0 Å². The van der Waals surface area contributed by atoms with E-state index in [9.17, 15) is 13.2 Å². The summed E-state index contributed by atoms with van der Waals surface area (Å²) < 4.78 is 27.8. The van der Waals surface area contributed by atoms with Crippen molar-refractivity contribution < 1.29 is 17.9 Å². The number of hydrogen-bond donors (Lipinski definition) is 2. The monoisotopic (exact) mass is 286 g/mol. The van der Waals surface area contributed by atoms with Gasteiger partial charge in [0.2, 0.25) is 15.9 Å². The standard InChI is InChI=1S/C12H18N2O4S/c1-4-8(2)12(15)14-9-5-6-10(18-3)11(7-9)19(13,16)17/h5-8H,4H2,1-3H3,(H,14,15)(H2,13,16,17). The van der Waals surface area contributed by atoms with E-state index < -0.39 is 10.0 Å². The average Bonchev–Trinajstić information content (AvgIpc) is 2.36. The predicted octanol–water partition coefficient (Wildman–Crippen LogP) is 1.33. The van der Waals surface area contributed by atoms with Crippen LogP contribution in [0.5, 0.6) is 5.75 Å². The summed E-state index contributed by atoms with van der Waals surface area (Å²) in [4.78, 5) is 11.6. The van der Waals surface area contributed by atoms with E-state index in [0.29, 0.717) is 12.1 Å². The van der Waals surface area contributed by atoms with Crippen LogP contribution in [0.25, 0.3) is 0 Å². The van der Waals surface area contributed by atoms with Crippen molar-refractivity contribution in [2.45, 2.75) is 25.2 Å². The molecule has 1 rings (SSSR count). The molecule has 1 aromatic rings. The van der Waals surface area contributed by atoms with Crippen molar-refractivity contribution in [1.29, 1.82) is 0 Å².